The first-order valence-corrected chi connectivity index (χ1v) is 8.47. The summed E-state index contributed by atoms with van der Waals surface area (Å²) >= 11 is 0. The molecule has 0 heterocycles. The van der Waals surface area contributed by atoms with Crippen LogP contribution < -0.4 is 0 Å². The molecule has 0 aliphatic rings. The minimum atomic E-state index is -0.840. The van der Waals surface area contributed by atoms with Gasteiger partial charge >= 0.3 is 5.97 Å². The number of hydrogen-bond acceptors (Lipinski definition) is 3. The molecule has 4 heteroatoms. The Bertz CT molecular complexity index is 323. The van der Waals surface area contributed by atoms with Gasteiger partial charge in [-0.1, -0.05) is 56.9 Å². The van der Waals surface area contributed by atoms with Crippen molar-refractivity contribution in [2.45, 2.75) is 83.3 Å². The number of aliphatic hydroxyl groups is 2. The molecule has 0 aromatic heterocycles. The molecule has 0 aliphatic heterocycles. The fourth-order valence-corrected chi connectivity index (χ4v) is 2.13. The smallest absolute Gasteiger partial charge is 0.303 e. The average molecular weight is 312 g/mol. The molecule has 0 spiro atoms. The first-order valence-electron chi connectivity index (χ1n) is 8.47. The molecule has 128 valence electrons. The molecule has 0 rings (SSSR count). The van der Waals surface area contributed by atoms with E-state index in [1.165, 1.54) is 19.3 Å². The van der Waals surface area contributed by atoms with E-state index in [9.17, 15) is 15.0 Å². The van der Waals surface area contributed by atoms with E-state index >= 15 is 0 Å². The number of unbranched alkanes of at least 4 members (excludes halogenated alkanes) is 5. The molecule has 0 unspecified atom stereocenters. The first kappa shape index (κ1) is 20.9. The first-order chi connectivity index (χ1) is 10.6. The van der Waals surface area contributed by atoms with E-state index in [-0.39, 0.29) is 6.42 Å². The van der Waals surface area contributed by atoms with Gasteiger partial charge < -0.3 is 15.3 Å². The minimum absolute atomic E-state index is 0.170. The van der Waals surface area contributed by atoms with Crippen LogP contribution in [0.2, 0.25) is 0 Å². The number of aliphatic hydroxyl groups excluding tert-OH is 2. The number of carboxylic acids is 1. The molecule has 3 N–H and O–H groups in total. The molecule has 0 saturated heterocycles. The van der Waals surface area contributed by atoms with Crippen molar-refractivity contribution < 1.29 is 20.1 Å². The highest BCUT2D eigenvalue weighted by atomic mass is 16.4. The molecule has 0 aromatic rings. The van der Waals surface area contributed by atoms with Crippen LogP contribution in [0.5, 0.6) is 0 Å². The van der Waals surface area contributed by atoms with E-state index in [1.807, 2.05) is 6.08 Å². The summed E-state index contributed by atoms with van der Waals surface area (Å²) in [6, 6.07) is 0. The van der Waals surface area contributed by atoms with Gasteiger partial charge in [0, 0.05) is 6.42 Å². The van der Waals surface area contributed by atoms with E-state index in [0.29, 0.717) is 12.8 Å². The summed E-state index contributed by atoms with van der Waals surface area (Å²) in [6.45, 7) is 2.19. The highest BCUT2D eigenvalue weighted by molar-refractivity contribution is 5.66. The van der Waals surface area contributed by atoms with Gasteiger partial charge in [0.05, 0.1) is 12.2 Å². The Morgan fingerprint density at radius 1 is 1.00 bits per heavy atom. The van der Waals surface area contributed by atoms with E-state index < -0.39 is 18.2 Å². The Morgan fingerprint density at radius 2 is 1.77 bits per heavy atom. The Labute approximate surface area is 134 Å². The molecule has 0 aliphatic carbocycles. The molecule has 2 atom stereocenters. The maximum absolute atomic E-state index is 10.3. The van der Waals surface area contributed by atoms with Crippen molar-refractivity contribution in [1.82, 2.24) is 0 Å². The SMILES string of the molecule is CCCCC/C=C\C/C=C\[C@@H](O)[C@@H](O)CCCCCC(=O)O. The number of carbonyl (C=O) groups is 1. The molecule has 22 heavy (non-hydrogen) atoms. The summed E-state index contributed by atoms with van der Waals surface area (Å²) in [5.41, 5.74) is 0. The lowest BCUT2D eigenvalue weighted by Crippen LogP contribution is -2.23. The van der Waals surface area contributed by atoms with Gasteiger partial charge in [-0.05, 0) is 32.1 Å². The van der Waals surface area contributed by atoms with Crippen LogP contribution in [0.3, 0.4) is 0 Å². The topological polar surface area (TPSA) is 77.8 Å². The lowest BCUT2D eigenvalue weighted by Gasteiger charge is -2.14. The average Bonchev–Trinajstić information content (AvgIpc) is 2.48. The molecule has 4 nitrogen and oxygen atoms in total. The van der Waals surface area contributed by atoms with Gasteiger partial charge in [-0.25, -0.2) is 0 Å². The van der Waals surface area contributed by atoms with Crippen LogP contribution in [0.1, 0.15) is 71.1 Å². The summed E-state index contributed by atoms with van der Waals surface area (Å²) < 4.78 is 0. The number of hydrogen-bond donors (Lipinski definition) is 3. The van der Waals surface area contributed by atoms with Gasteiger partial charge in [0.2, 0.25) is 0 Å². The van der Waals surface area contributed by atoms with Crippen molar-refractivity contribution in [3.8, 4) is 0 Å². The van der Waals surface area contributed by atoms with Crippen LogP contribution in [0.25, 0.3) is 0 Å². The van der Waals surface area contributed by atoms with E-state index in [1.54, 1.807) is 6.08 Å². The van der Waals surface area contributed by atoms with E-state index in [4.69, 9.17) is 5.11 Å². The lowest BCUT2D eigenvalue weighted by atomic mass is 10.0. The molecule has 0 saturated carbocycles. The highest BCUT2D eigenvalue weighted by Crippen LogP contribution is 2.09. The van der Waals surface area contributed by atoms with Crippen molar-refractivity contribution in [3.63, 3.8) is 0 Å². The molecular weight excluding hydrogens is 280 g/mol. The van der Waals surface area contributed by atoms with Crippen molar-refractivity contribution in [1.29, 1.82) is 0 Å². The Balaban J connectivity index is 3.65. The molecule has 0 radical (unpaired) electrons. The van der Waals surface area contributed by atoms with E-state index in [2.05, 4.69) is 19.1 Å². The van der Waals surface area contributed by atoms with Gasteiger partial charge in [0.25, 0.3) is 0 Å². The Morgan fingerprint density at radius 3 is 2.45 bits per heavy atom. The standard InChI is InChI=1S/C18H32O4/c1-2-3-4-5-6-7-8-10-13-16(19)17(20)14-11-9-12-15-18(21)22/h6-7,10,13,16-17,19-20H,2-5,8-9,11-12,14-15H2,1H3,(H,21,22)/b7-6-,13-10-/t16-,17+/m1/s1. The van der Waals surface area contributed by atoms with Crippen LogP contribution in [-0.4, -0.2) is 33.5 Å². The Hall–Kier alpha value is -1.13. The number of carboxylic acid groups (broad SMARTS) is 1. The zero-order chi connectivity index (χ0) is 16.6. The highest BCUT2D eigenvalue weighted by Gasteiger charge is 2.12. The molecule has 0 fully saturated rings. The van der Waals surface area contributed by atoms with Crippen molar-refractivity contribution in [2.24, 2.45) is 0 Å². The number of allylic oxidation sites excluding steroid dienone is 3. The van der Waals surface area contributed by atoms with Gasteiger partial charge in [-0.2, -0.15) is 0 Å². The van der Waals surface area contributed by atoms with Gasteiger partial charge in [-0.3, -0.25) is 4.79 Å². The summed E-state index contributed by atoms with van der Waals surface area (Å²) in [5.74, 6) is -0.786. The summed E-state index contributed by atoms with van der Waals surface area (Å²) in [4.78, 5) is 10.3. The zero-order valence-corrected chi connectivity index (χ0v) is 13.8. The third-order valence-corrected chi connectivity index (χ3v) is 3.53. The van der Waals surface area contributed by atoms with Gasteiger partial charge in [-0.15, -0.1) is 0 Å². The van der Waals surface area contributed by atoms with Crippen molar-refractivity contribution in [3.05, 3.63) is 24.3 Å². The second-order valence-electron chi connectivity index (χ2n) is 5.68. The number of aliphatic carboxylic acids is 1. The van der Waals surface area contributed by atoms with Gasteiger partial charge in [0.1, 0.15) is 0 Å². The Kier molecular flexibility index (Phi) is 14.0. The monoisotopic (exact) mass is 312 g/mol. The third-order valence-electron chi connectivity index (χ3n) is 3.53. The summed E-state index contributed by atoms with van der Waals surface area (Å²) in [6.07, 6.45) is 14.5. The summed E-state index contributed by atoms with van der Waals surface area (Å²) in [7, 11) is 0. The largest absolute Gasteiger partial charge is 0.481 e. The van der Waals surface area contributed by atoms with Crippen molar-refractivity contribution in [2.75, 3.05) is 0 Å². The molecule has 0 aromatic carbocycles. The minimum Gasteiger partial charge on any atom is -0.481 e. The number of rotatable bonds is 14. The van der Waals surface area contributed by atoms with Crippen LogP contribution in [0, 0.1) is 0 Å². The summed E-state index contributed by atoms with van der Waals surface area (Å²) in [5, 5.41) is 28.1. The van der Waals surface area contributed by atoms with E-state index in [0.717, 1.165) is 25.7 Å². The maximum Gasteiger partial charge on any atom is 0.303 e. The molecular formula is C18H32O4. The third kappa shape index (κ3) is 13.8. The van der Waals surface area contributed by atoms with Crippen LogP contribution >= 0.6 is 0 Å². The van der Waals surface area contributed by atoms with Crippen LogP contribution in [0.15, 0.2) is 24.3 Å². The molecule has 0 bridgehead atoms. The van der Waals surface area contributed by atoms with Gasteiger partial charge in [0.15, 0.2) is 0 Å². The lowest BCUT2D eigenvalue weighted by molar-refractivity contribution is -0.137. The fraction of sp³-hybridized carbons (Fsp3) is 0.722. The zero-order valence-electron chi connectivity index (χ0n) is 13.8. The quantitative estimate of drug-likeness (QED) is 0.336. The van der Waals surface area contributed by atoms with Crippen LogP contribution in [-0.2, 0) is 4.79 Å². The second-order valence-corrected chi connectivity index (χ2v) is 5.68. The second kappa shape index (κ2) is 14.8. The normalized spacial score (nSPS) is 14.7. The molecule has 0 amide bonds. The fourth-order valence-electron chi connectivity index (χ4n) is 2.13. The van der Waals surface area contributed by atoms with Crippen LogP contribution in [0.4, 0.5) is 0 Å². The maximum atomic E-state index is 10.3. The predicted molar refractivity (Wildman–Crippen MR) is 89.8 cm³/mol. The van der Waals surface area contributed by atoms with Crippen molar-refractivity contribution >= 4 is 5.97 Å². The predicted octanol–water partition coefficient (Wildman–Crippen LogP) is 3.83.